The zero-order valence-corrected chi connectivity index (χ0v) is 8.78. The van der Waals surface area contributed by atoms with Crippen molar-refractivity contribution in [2.24, 2.45) is 5.73 Å². The molecule has 84 valence electrons. The Morgan fingerprint density at radius 3 is 2.33 bits per heavy atom. The Hall–Kier alpha value is -1.03. The average Bonchev–Trinajstić information content (AvgIpc) is 2.11. The van der Waals surface area contributed by atoms with Crippen molar-refractivity contribution in [3.05, 3.63) is 34.9 Å². The van der Waals surface area contributed by atoms with Gasteiger partial charge in [-0.15, -0.1) is 0 Å². The van der Waals surface area contributed by atoms with E-state index in [0.29, 0.717) is 0 Å². The fraction of sp³-hybridized carbons (Fsp3) is 0.455. The first kappa shape index (κ1) is 12.0. The zero-order chi connectivity index (χ0) is 11.6. The van der Waals surface area contributed by atoms with Crippen LogP contribution in [0.15, 0.2) is 12.1 Å². The Morgan fingerprint density at radius 2 is 1.87 bits per heavy atom. The molecule has 0 atom stereocenters. The van der Waals surface area contributed by atoms with Crippen LogP contribution in [0, 0.1) is 11.6 Å². The van der Waals surface area contributed by atoms with Crippen LogP contribution in [-0.4, -0.2) is 6.54 Å². The third kappa shape index (κ3) is 2.72. The van der Waals surface area contributed by atoms with Gasteiger partial charge in [-0.2, -0.15) is 0 Å². The fourth-order valence-electron chi connectivity index (χ4n) is 1.33. The maximum atomic E-state index is 13.5. The van der Waals surface area contributed by atoms with Crippen LogP contribution >= 0.6 is 0 Å². The summed E-state index contributed by atoms with van der Waals surface area (Å²) in [5, 5.41) is 0. The molecule has 0 spiro atoms. The van der Waals surface area contributed by atoms with Crippen molar-refractivity contribution in [1.29, 1.82) is 0 Å². The molecule has 0 radical (unpaired) electrons. The van der Waals surface area contributed by atoms with Gasteiger partial charge < -0.3 is 5.73 Å². The van der Waals surface area contributed by atoms with Crippen LogP contribution in [0.5, 0.6) is 0 Å². The van der Waals surface area contributed by atoms with Gasteiger partial charge in [-0.25, -0.2) is 13.2 Å². The van der Waals surface area contributed by atoms with Crippen LogP contribution in [0.2, 0.25) is 0 Å². The molecule has 15 heavy (non-hydrogen) atoms. The quantitative estimate of drug-likeness (QED) is 0.827. The summed E-state index contributed by atoms with van der Waals surface area (Å²) in [4.78, 5) is 0. The van der Waals surface area contributed by atoms with Gasteiger partial charge in [0.2, 0.25) is 0 Å². The third-order valence-corrected chi connectivity index (χ3v) is 2.20. The highest BCUT2D eigenvalue weighted by Crippen LogP contribution is 2.27. The normalized spacial score (nSPS) is 11.9. The van der Waals surface area contributed by atoms with Crippen LogP contribution in [0.4, 0.5) is 13.2 Å². The highest BCUT2D eigenvalue weighted by atomic mass is 19.2. The van der Waals surface area contributed by atoms with E-state index in [1.165, 1.54) is 19.9 Å². The number of rotatable bonds is 3. The minimum absolute atomic E-state index is 0.123. The lowest BCUT2D eigenvalue weighted by molar-refractivity contribution is 0.220. The molecule has 1 nitrogen and oxygen atoms in total. The summed E-state index contributed by atoms with van der Waals surface area (Å²) in [5.41, 5.74) is 3.83. The molecule has 0 fully saturated rings. The molecule has 0 saturated carbocycles. The summed E-state index contributed by atoms with van der Waals surface area (Å²) in [6.07, 6.45) is 0.201. The van der Waals surface area contributed by atoms with E-state index in [4.69, 9.17) is 5.73 Å². The van der Waals surface area contributed by atoms with E-state index >= 15 is 0 Å². The standard InChI is InChI=1S/C11H14F3N/c1-11(2,14)8-5-7(3-4-15)10(13)9(12)6-8/h5-6H,3-4,15H2,1-2H3. The maximum absolute atomic E-state index is 13.5. The van der Waals surface area contributed by atoms with E-state index < -0.39 is 17.3 Å². The molecule has 1 aromatic carbocycles. The lowest BCUT2D eigenvalue weighted by Gasteiger charge is -2.16. The zero-order valence-electron chi connectivity index (χ0n) is 8.78. The topological polar surface area (TPSA) is 26.0 Å². The minimum atomic E-state index is -1.68. The number of alkyl halides is 1. The molecule has 0 aliphatic heterocycles. The molecule has 0 heterocycles. The molecule has 0 aromatic heterocycles. The monoisotopic (exact) mass is 217 g/mol. The van der Waals surface area contributed by atoms with Crippen LogP contribution < -0.4 is 5.73 Å². The number of benzene rings is 1. The summed E-state index contributed by atoms with van der Waals surface area (Å²) < 4.78 is 39.8. The molecule has 1 aromatic rings. The van der Waals surface area contributed by atoms with E-state index in [0.717, 1.165) is 6.07 Å². The molecule has 1 rings (SSSR count). The number of halogens is 3. The van der Waals surface area contributed by atoms with Crippen LogP contribution in [0.25, 0.3) is 0 Å². The average molecular weight is 217 g/mol. The lowest BCUT2D eigenvalue weighted by atomic mass is 9.96. The third-order valence-electron chi connectivity index (χ3n) is 2.20. The molecule has 0 amide bonds. The second kappa shape index (κ2) is 4.23. The van der Waals surface area contributed by atoms with Crippen molar-refractivity contribution in [3.63, 3.8) is 0 Å². The molecule has 0 aliphatic rings. The Labute approximate surface area is 87.1 Å². The number of nitrogens with two attached hydrogens (primary N) is 1. The molecule has 0 unspecified atom stereocenters. The summed E-state index contributed by atoms with van der Waals surface area (Å²) in [5.74, 6) is -1.96. The van der Waals surface area contributed by atoms with Crippen molar-refractivity contribution in [3.8, 4) is 0 Å². The van der Waals surface area contributed by atoms with E-state index in [1.807, 2.05) is 0 Å². The van der Waals surface area contributed by atoms with Gasteiger partial charge in [-0.1, -0.05) is 0 Å². The minimum Gasteiger partial charge on any atom is -0.330 e. The smallest absolute Gasteiger partial charge is 0.162 e. The molecule has 0 bridgehead atoms. The number of hydrogen-bond acceptors (Lipinski definition) is 1. The van der Waals surface area contributed by atoms with Crippen molar-refractivity contribution < 1.29 is 13.2 Å². The first-order valence-corrected chi connectivity index (χ1v) is 4.73. The summed E-state index contributed by atoms with van der Waals surface area (Å²) in [6.45, 7) is 2.80. The van der Waals surface area contributed by atoms with Gasteiger partial charge in [0.05, 0.1) is 0 Å². The highest BCUT2D eigenvalue weighted by molar-refractivity contribution is 5.30. The molecule has 0 aliphatic carbocycles. The molecular formula is C11H14F3N. The Bertz CT molecular complexity index is 356. The Morgan fingerprint density at radius 1 is 1.27 bits per heavy atom. The summed E-state index contributed by atoms with van der Waals surface area (Å²) in [6, 6.07) is 2.21. The molecule has 2 N–H and O–H groups in total. The highest BCUT2D eigenvalue weighted by Gasteiger charge is 2.22. The van der Waals surface area contributed by atoms with Gasteiger partial charge in [-0.05, 0) is 50.1 Å². The lowest BCUT2D eigenvalue weighted by Crippen LogP contribution is -2.13. The first-order valence-electron chi connectivity index (χ1n) is 4.73. The Balaban J connectivity index is 3.23. The van der Waals surface area contributed by atoms with Gasteiger partial charge in [0.25, 0.3) is 0 Å². The summed E-state index contributed by atoms with van der Waals surface area (Å²) in [7, 11) is 0. The van der Waals surface area contributed by atoms with E-state index in [1.54, 1.807) is 0 Å². The molecular weight excluding hydrogens is 203 g/mol. The second-order valence-corrected chi connectivity index (χ2v) is 3.94. The van der Waals surface area contributed by atoms with Crippen molar-refractivity contribution in [1.82, 2.24) is 0 Å². The predicted octanol–water partition coefficient (Wildman–Crippen LogP) is 2.67. The van der Waals surface area contributed by atoms with Gasteiger partial charge in [0.1, 0.15) is 5.67 Å². The molecule has 4 heteroatoms. The largest absolute Gasteiger partial charge is 0.330 e. The van der Waals surface area contributed by atoms with Crippen LogP contribution in [-0.2, 0) is 12.1 Å². The van der Waals surface area contributed by atoms with E-state index in [-0.39, 0.29) is 24.1 Å². The van der Waals surface area contributed by atoms with E-state index in [2.05, 4.69) is 0 Å². The van der Waals surface area contributed by atoms with Crippen LogP contribution in [0.1, 0.15) is 25.0 Å². The maximum Gasteiger partial charge on any atom is 0.162 e. The van der Waals surface area contributed by atoms with Crippen molar-refractivity contribution in [2.75, 3.05) is 6.54 Å². The Kier molecular flexibility index (Phi) is 3.39. The van der Waals surface area contributed by atoms with Crippen molar-refractivity contribution in [2.45, 2.75) is 25.9 Å². The first-order chi connectivity index (χ1) is 6.86. The SMILES string of the molecule is CC(C)(F)c1cc(F)c(F)c(CCN)c1. The summed E-state index contributed by atoms with van der Waals surface area (Å²) >= 11 is 0. The number of hydrogen-bond donors (Lipinski definition) is 1. The van der Waals surface area contributed by atoms with Crippen molar-refractivity contribution >= 4 is 0 Å². The van der Waals surface area contributed by atoms with Gasteiger partial charge in [-0.3, -0.25) is 0 Å². The van der Waals surface area contributed by atoms with Gasteiger partial charge >= 0.3 is 0 Å². The molecule has 0 saturated heterocycles. The van der Waals surface area contributed by atoms with Gasteiger partial charge in [0.15, 0.2) is 11.6 Å². The fourth-order valence-corrected chi connectivity index (χ4v) is 1.33. The van der Waals surface area contributed by atoms with E-state index in [9.17, 15) is 13.2 Å². The second-order valence-electron chi connectivity index (χ2n) is 3.94. The predicted molar refractivity (Wildman–Crippen MR) is 53.3 cm³/mol. The van der Waals surface area contributed by atoms with Gasteiger partial charge in [0, 0.05) is 0 Å². The van der Waals surface area contributed by atoms with Crippen LogP contribution in [0.3, 0.4) is 0 Å².